The summed E-state index contributed by atoms with van der Waals surface area (Å²) in [5.41, 5.74) is 0. The molecule has 78 valence electrons. The maximum Gasteiger partial charge on any atom is 0.0658 e. The Hall–Kier alpha value is 0.270. The largest absolute Gasteiger partial charge is 0.392 e. The number of rotatable bonds is 5. The molecule has 0 heterocycles. The Morgan fingerprint density at radius 2 is 2.15 bits per heavy atom. The highest BCUT2D eigenvalue weighted by atomic mass is 32.2. The van der Waals surface area contributed by atoms with E-state index in [9.17, 15) is 5.11 Å². The van der Waals surface area contributed by atoms with Gasteiger partial charge in [0.1, 0.15) is 0 Å². The molecule has 1 fully saturated rings. The second-order valence-electron chi connectivity index (χ2n) is 3.61. The summed E-state index contributed by atoms with van der Waals surface area (Å²) in [5.74, 6) is 1.12. The second kappa shape index (κ2) is 6.68. The zero-order valence-corrected chi connectivity index (χ0v) is 9.18. The first kappa shape index (κ1) is 11.3. The quantitative estimate of drug-likeness (QED) is 0.695. The van der Waals surface area contributed by atoms with E-state index in [1.165, 1.54) is 19.3 Å². The Bertz CT molecular complexity index is 130. The average Bonchev–Trinajstić information content (AvgIpc) is 2.15. The molecule has 1 aliphatic rings. The normalized spacial score (nSPS) is 29.1. The number of hydrogen-bond donors (Lipinski definition) is 1. The van der Waals surface area contributed by atoms with E-state index in [-0.39, 0.29) is 6.10 Å². The second-order valence-corrected chi connectivity index (χ2v) is 4.95. The minimum atomic E-state index is -0.0544. The molecule has 0 aliphatic heterocycles. The summed E-state index contributed by atoms with van der Waals surface area (Å²) in [6.07, 6.45) is 5.74. The van der Waals surface area contributed by atoms with Gasteiger partial charge in [-0.2, -0.15) is 11.8 Å². The van der Waals surface area contributed by atoms with E-state index in [1.54, 1.807) is 7.11 Å². The number of thioether (sulfide) groups is 1. The zero-order chi connectivity index (χ0) is 9.52. The molecular weight excluding hydrogens is 184 g/mol. The molecule has 0 radical (unpaired) electrons. The molecule has 1 saturated carbocycles. The van der Waals surface area contributed by atoms with E-state index >= 15 is 0 Å². The number of hydrogen-bond acceptors (Lipinski definition) is 3. The Morgan fingerprint density at radius 3 is 2.85 bits per heavy atom. The molecule has 0 amide bonds. The molecule has 0 aromatic rings. The highest BCUT2D eigenvalue weighted by Crippen LogP contribution is 2.28. The number of methoxy groups -OCH3 is 1. The summed E-state index contributed by atoms with van der Waals surface area (Å²) in [5, 5.41) is 10.2. The monoisotopic (exact) mass is 204 g/mol. The molecule has 2 unspecified atom stereocenters. The lowest BCUT2D eigenvalue weighted by Crippen LogP contribution is -2.27. The van der Waals surface area contributed by atoms with Crippen LogP contribution in [0.5, 0.6) is 0 Å². The van der Waals surface area contributed by atoms with E-state index in [2.05, 4.69) is 0 Å². The first-order valence-corrected chi connectivity index (χ1v) is 6.18. The van der Waals surface area contributed by atoms with Gasteiger partial charge in [0.05, 0.1) is 6.10 Å². The average molecular weight is 204 g/mol. The van der Waals surface area contributed by atoms with E-state index in [4.69, 9.17) is 4.74 Å². The van der Waals surface area contributed by atoms with Crippen molar-refractivity contribution in [2.75, 3.05) is 19.5 Å². The number of aliphatic hydroxyl groups is 1. The minimum Gasteiger partial charge on any atom is -0.392 e. The molecule has 1 rings (SSSR count). The summed E-state index contributed by atoms with van der Waals surface area (Å²) in [4.78, 5) is 0. The third-order valence-corrected chi connectivity index (χ3v) is 3.99. The molecule has 0 aromatic carbocycles. The van der Waals surface area contributed by atoms with Crippen molar-refractivity contribution in [2.45, 2.75) is 43.5 Å². The summed E-state index contributed by atoms with van der Waals surface area (Å²) in [6.45, 7) is 0.843. The smallest absolute Gasteiger partial charge is 0.0658 e. The molecule has 0 saturated heterocycles. The van der Waals surface area contributed by atoms with Crippen molar-refractivity contribution in [2.24, 2.45) is 0 Å². The lowest BCUT2D eigenvalue weighted by Gasteiger charge is -2.26. The fourth-order valence-electron chi connectivity index (χ4n) is 1.71. The maximum absolute atomic E-state index is 9.67. The van der Waals surface area contributed by atoms with Gasteiger partial charge >= 0.3 is 0 Å². The third kappa shape index (κ3) is 4.34. The first-order valence-electron chi connectivity index (χ1n) is 5.13. The molecule has 0 spiro atoms. The van der Waals surface area contributed by atoms with Crippen LogP contribution in [0.25, 0.3) is 0 Å². The van der Waals surface area contributed by atoms with E-state index < -0.39 is 0 Å². The van der Waals surface area contributed by atoms with Crippen molar-refractivity contribution in [3.63, 3.8) is 0 Å². The Morgan fingerprint density at radius 1 is 1.38 bits per heavy atom. The summed E-state index contributed by atoms with van der Waals surface area (Å²) < 4.78 is 4.98. The molecule has 2 nitrogen and oxygen atoms in total. The van der Waals surface area contributed by atoms with Crippen LogP contribution >= 0.6 is 11.8 Å². The highest BCUT2D eigenvalue weighted by molar-refractivity contribution is 7.99. The third-order valence-electron chi connectivity index (χ3n) is 2.49. The summed E-state index contributed by atoms with van der Waals surface area (Å²) in [7, 11) is 1.74. The van der Waals surface area contributed by atoms with Crippen molar-refractivity contribution >= 4 is 11.8 Å². The number of ether oxygens (including phenoxy) is 1. The molecule has 13 heavy (non-hydrogen) atoms. The van der Waals surface area contributed by atoms with Gasteiger partial charge in [-0.05, 0) is 25.0 Å². The topological polar surface area (TPSA) is 29.5 Å². The van der Waals surface area contributed by atoms with Gasteiger partial charge in [-0.25, -0.2) is 0 Å². The van der Waals surface area contributed by atoms with Gasteiger partial charge in [-0.1, -0.05) is 12.8 Å². The van der Waals surface area contributed by atoms with Crippen LogP contribution in [0.4, 0.5) is 0 Å². The van der Waals surface area contributed by atoms with Crippen LogP contribution in [0.15, 0.2) is 0 Å². The van der Waals surface area contributed by atoms with Gasteiger partial charge in [0, 0.05) is 19.0 Å². The predicted octanol–water partition coefficient (Wildman–Crippen LogP) is 2.06. The molecule has 2 atom stereocenters. The maximum atomic E-state index is 9.67. The highest BCUT2D eigenvalue weighted by Gasteiger charge is 2.22. The molecular formula is C10H20O2S. The zero-order valence-electron chi connectivity index (χ0n) is 8.37. The van der Waals surface area contributed by atoms with E-state index in [0.29, 0.717) is 5.25 Å². The van der Waals surface area contributed by atoms with Crippen molar-refractivity contribution in [3.05, 3.63) is 0 Å². The Balaban J connectivity index is 2.05. The van der Waals surface area contributed by atoms with Gasteiger partial charge in [-0.15, -0.1) is 0 Å². The van der Waals surface area contributed by atoms with Crippen LogP contribution in [-0.2, 0) is 4.74 Å². The lowest BCUT2D eigenvalue weighted by atomic mass is 9.97. The molecule has 0 aromatic heterocycles. The van der Waals surface area contributed by atoms with E-state index in [1.807, 2.05) is 11.8 Å². The standard InChI is InChI=1S/C10H20O2S/c1-12-7-4-8-13-10-6-3-2-5-9(10)11/h9-11H,2-8H2,1H3. The van der Waals surface area contributed by atoms with E-state index in [0.717, 1.165) is 25.2 Å². The van der Waals surface area contributed by atoms with Crippen molar-refractivity contribution in [1.82, 2.24) is 0 Å². The minimum absolute atomic E-state index is 0.0544. The van der Waals surface area contributed by atoms with Gasteiger partial charge in [0.15, 0.2) is 0 Å². The molecule has 1 N–H and O–H groups in total. The molecule has 1 aliphatic carbocycles. The Kier molecular flexibility index (Phi) is 5.83. The van der Waals surface area contributed by atoms with Crippen molar-refractivity contribution in [3.8, 4) is 0 Å². The summed E-state index contributed by atoms with van der Waals surface area (Å²) >= 11 is 1.92. The van der Waals surface area contributed by atoms with Crippen molar-refractivity contribution in [1.29, 1.82) is 0 Å². The first-order chi connectivity index (χ1) is 6.34. The van der Waals surface area contributed by atoms with Gasteiger partial charge in [0.25, 0.3) is 0 Å². The van der Waals surface area contributed by atoms with Crippen LogP contribution in [0, 0.1) is 0 Å². The van der Waals surface area contributed by atoms with Crippen LogP contribution in [0.1, 0.15) is 32.1 Å². The number of aliphatic hydroxyl groups excluding tert-OH is 1. The van der Waals surface area contributed by atoms with Crippen molar-refractivity contribution < 1.29 is 9.84 Å². The SMILES string of the molecule is COCCCSC1CCCCC1O. The lowest BCUT2D eigenvalue weighted by molar-refractivity contribution is 0.137. The molecule has 0 bridgehead atoms. The van der Waals surface area contributed by atoms with Gasteiger partial charge in [0.2, 0.25) is 0 Å². The molecule has 3 heteroatoms. The van der Waals surface area contributed by atoms with Gasteiger partial charge < -0.3 is 9.84 Å². The fourth-order valence-corrected chi connectivity index (χ4v) is 2.99. The predicted molar refractivity (Wildman–Crippen MR) is 57.2 cm³/mol. The van der Waals surface area contributed by atoms with Gasteiger partial charge in [-0.3, -0.25) is 0 Å². The van der Waals surface area contributed by atoms with Crippen LogP contribution < -0.4 is 0 Å². The fraction of sp³-hybridized carbons (Fsp3) is 1.00. The van der Waals surface area contributed by atoms with Crippen LogP contribution in [0.2, 0.25) is 0 Å². The van der Waals surface area contributed by atoms with Crippen LogP contribution in [0.3, 0.4) is 0 Å². The van der Waals surface area contributed by atoms with Crippen LogP contribution in [-0.4, -0.2) is 35.9 Å². The Labute approximate surface area is 85.0 Å². The summed E-state index contributed by atoms with van der Waals surface area (Å²) in [6, 6.07) is 0.